The third-order valence-electron chi connectivity index (χ3n) is 4.21. The van der Waals surface area contributed by atoms with Crippen LogP contribution in [0.3, 0.4) is 0 Å². The second-order valence-corrected chi connectivity index (χ2v) is 7.84. The second kappa shape index (κ2) is 8.76. The molecule has 0 bridgehead atoms. The van der Waals surface area contributed by atoms with Gasteiger partial charge >= 0.3 is 0 Å². The number of benzene rings is 2. The largest absolute Gasteiger partial charge is 0.486 e. The average Bonchev–Trinajstić information content (AvgIpc) is 2.99. The van der Waals surface area contributed by atoms with Crippen LogP contribution >= 0.6 is 23.4 Å². The number of hydrogen-bond donors (Lipinski definition) is 0. The predicted molar refractivity (Wildman–Crippen MR) is 107 cm³/mol. The molecule has 0 atom stereocenters. The minimum atomic E-state index is -0.340. The van der Waals surface area contributed by atoms with Crippen molar-refractivity contribution in [2.75, 3.05) is 0 Å². The highest BCUT2D eigenvalue weighted by atomic mass is 35.5. The maximum Gasteiger partial charge on any atom is 0.191 e. The molecule has 1 aromatic heterocycles. The van der Waals surface area contributed by atoms with Crippen LogP contribution in [-0.2, 0) is 19.4 Å². The quantitative estimate of drug-likeness (QED) is 0.479. The first-order chi connectivity index (χ1) is 12.9. The van der Waals surface area contributed by atoms with Crippen molar-refractivity contribution < 1.29 is 9.13 Å². The molecule has 0 spiro atoms. The fourth-order valence-corrected chi connectivity index (χ4v) is 3.72. The van der Waals surface area contributed by atoms with Gasteiger partial charge in [-0.1, -0.05) is 55.4 Å². The molecular weight excluding hydrogens is 385 g/mol. The van der Waals surface area contributed by atoms with Gasteiger partial charge in [0.1, 0.15) is 18.2 Å². The Morgan fingerprint density at radius 3 is 2.56 bits per heavy atom. The van der Waals surface area contributed by atoms with E-state index < -0.39 is 0 Å². The molecule has 3 aromatic rings. The Morgan fingerprint density at radius 1 is 1.15 bits per heavy atom. The zero-order valence-corrected chi connectivity index (χ0v) is 17.0. The predicted octanol–water partition coefficient (Wildman–Crippen LogP) is 5.60. The van der Waals surface area contributed by atoms with Crippen LogP contribution in [0.1, 0.15) is 36.7 Å². The molecule has 0 aliphatic rings. The Bertz CT molecular complexity index is 912. The Labute approximate surface area is 167 Å². The van der Waals surface area contributed by atoms with E-state index in [1.165, 1.54) is 29.5 Å². The summed E-state index contributed by atoms with van der Waals surface area (Å²) in [7, 11) is 1.90. The third kappa shape index (κ3) is 5.02. The lowest BCUT2D eigenvalue weighted by Crippen LogP contribution is -2.04. The summed E-state index contributed by atoms with van der Waals surface area (Å²) in [5, 5.41) is 9.57. The molecule has 0 saturated heterocycles. The number of thioether (sulfide) groups is 1. The van der Waals surface area contributed by atoms with Crippen LogP contribution < -0.4 is 4.74 Å². The standard InChI is InChI=1S/C20H21ClFN3OS/c1-13(2)14-5-8-17(9-6-14)26-11-19-23-24-20(25(19)3)27-12-15-4-7-16(22)10-18(15)21/h4-10,13H,11-12H2,1-3H3. The summed E-state index contributed by atoms with van der Waals surface area (Å²) in [6.07, 6.45) is 0. The van der Waals surface area contributed by atoms with Crippen LogP contribution in [0, 0.1) is 5.82 Å². The molecule has 0 N–H and O–H groups in total. The maximum atomic E-state index is 13.1. The summed E-state index contributed by atoms with van der Waals surface area (Å²) in [6, 6.07) is 12.5. The van der Waals surface area contributed by atoms with Gasteiger partial charge in [0.2, 0.25) is 0 Å². The Kier molecular flexibility index (Phi) is 6.39. The van der Waals surface area contributed by atoms with Gasteiger partial charge in [-0.25, -0.2) is 4.39 Å². The molecule has 3 rings (SSSR count). The zero-order chi connectivity index (χ0) is 19.4. The van der Waals surface area contributed by atoms with Gasteiger partial charge in [-0.3, -0.25) is 0 Å². The van der Waals surface area contributed by atoms with Crippen LogP contribution in [0.25, 0.3) is 0 Å². The van der Waals surface area contributed by atoms with Crippen molar-refractivity contribution in [3.05, 3.63) is 70.3 Å². The number of hydrogen-bond acceptors (Lipinski definition) is 4. The van der Waals surface area contributed by atoms with E-state index in [0.717, 1.165) is 22.3 Å². The molecule has 0 unspecified atom stereocenters. The summed E-state index contributed by atoms with van der Waals surface area (Å²) < 4.78 is 20.8. The monoisotopic (exact) mass is 405 g/mol. The molecule has 7 heteroatoms. The lowest BCUT2D eigenvalue weighted by Gasteiger charge is -2.09. The van der Waals surface area contributed by atoms with Gasteiger partial charge in [-0.15, -0.1) is 10.2 Å². The van der Waals surface area contributed by atoms with Crippen molar-refractivity contribution in [3.8, 4) is 5.75 Å². The number of aromatic nitrogens is 3. The Hall–Kier alpha value is -2.05. The smallest absolute Gasteiger partial charge is 0.191 e. The summed E-state index contributed by atoms with van der Waals surface area (Å²) in [6.45, 7) is 4.66. The van der Waals surface area contributed by atoms with Gasteiger partial charge in [-0.05, 0) is 41.3 Å². The van der Waals surface area contributed by atoms with Crippen molar-refractivity contribution in [1.82, 2.24) is 14.8 Å². The van der Waals surface area contributed by atoms with Crippen molar-refractivity contribution >= 4 is 23.4 Å². The average molecular weight is 406 g/mol. The molecule has 142 valence electrons. The SMILES string of the molecule is CC(C)c1ccc(OCc2nnc(SCc3ccc(F)cc3Cl)n2C)cc1. The Morgan fingerprint density at radius 2 is 1.89 bits per heavy atom. The molecule has 27 heavy (non-hydrogen) atoms. The highest BCUT2D eigenvalue weighted by Crippen LogP contribution is 2.26. The van der Waals surface area contributed by atoms with E-state index in [9.17, 15) is 4.39 Å². The minimum absolute atomic E-state index is 0.336. The van der Waals surface area contributed by atoms with E-state index in [2.05, 4.69) is 36.2 Å². The first kappa shape index (κ1) is 19.7. The Balaban J connectivity index is 1.59. The third-order valence-corrected chi connectivity index (χ3v) is 5.63. The first-order valence-corrected chi connectivity index (χ1v) is 9.98. The second-order valence-electron chi connectivity index (χ2n) is 6.49. The van der Waals surface area contributed by atoms with Crippen LogP contribution in [0.15, 0.2) is 47.6 Å². The summed E-state index contributed by atoms with van der Waals surface area (Å²) in [5.74, 6) is 2.27. The molecule has 0 radical (unpaired) electrons. The fourth-order valence-electron chi connectivity index (χ4n) is 2.47. The van der Waals surface area contributed by atoms with Gasteiger partial charge in [0, 0.05) is 17.8 Å². The van der Waals surface area contributed by atoms with E-state index in [1.54, 1.807) is 6.07 Å². The van der Waals surface area contributed by atoms with E-state index in [1.807, 2.05) is 23.7 Å². The van der Waals surface area contributed by atoms with Crippen molar-refractivity contribution in [2.24, 2.45) is 7.05 Å². The highest BCUT2D eigenvalue weighted by Gasteiger charge is 2.11. The molecule has 2 aromatic carbocycles. The molecule has 0 saturated carbocycles. The lowest BCUT2D eigenvalue weighted by molar-refractivity contribution is 0.290. The minimum Gasteiger partial charge on any atom is -0.486 e. The maximum absolute atomic E-state index is 13.1. The van der Waals surface area contributed by atoms with E-state index >= 15 is 0 Å². The van der Waals surface area contributed by atoms with Crippen LogP contribution in [-0.4, -0.2) is 14.8 Å². The van der Waals surface area contributed by atoms with Crippen LogP contribution in [0.2, 0.25) is 5.02 Å². The zero-order valence-electron chi connectivity index (χ0n) is 15.4. The van der Waals surface area contributed by atoms with Crippen LogP contribution in [0.5, 0.6) is 5.75 Å². The number of halogens is 2. The van der Waals surface area contributed by atoms with Crippen molar-refractivity contribution in [3.63, 3.8) is 0 Å². The first-order valence-electron chi connectivity index (χ1n) is 8.62. The normalized spacial score (nSPS) is 11.2. The molecule has 0 aliphatic heterocycles. The lowest BCUT2D eigenvalue weighted by atomic mass is 10.0. The molecular formula is C20H21ClFN3OS. The summed E-state index contributed by atoms with van der Waals surface area (Å²) in [4.78, 5) is 0. The number of nitrogens with zero attached hydrogens (tertiary/aromatic N) is 3. The van der Waals surface area contributed by atoms with E-state index in [-0.39, 0.29) is 5.82 Å². The van der Waals surface area contributed by atoms with Gasteiger partial charge in [0.05, 0.1) is 0 Å². The highest BCUT2D eigenvalue weighted by molar-refractivity contribution is 7.98. The molecule has 0 fully saturated rings. The molecule has 0 aliphatic carbocycles. The van der Waals surface area contributed by atoms with E-state index in [0.29, 0.717) is 23.3 Å². The van der Waals surface area contributed by atoms with Crippen LogP contribution in [0.4, 0.5) is 4.39 Å². The fraction of sp³-hybridized carbons (Fsp3) is 0.300. The van der Waals surface area contributed by atoms with Crippen molar-refractivity contribution in [1.29, 1.82) is 0 Å². The molecule has 4 nitrogen and oxygen atoms in total. The molecule has 0 amide bonds. The topological polar surface area (TPSA) is 39.9 Å². The number of ether oxygens (including phenoxy) is 1. The summed E-state index contributed by atoms with van der Waals surface area (Å²) in [5.41, 5.74) is 2.13. The van der Waals surface area contributed by atoms with Gasteiger partial charge < -0.3 is 9.30 Å². The van der Waals surface area contributed by atoms with Gasteiger partial charge in [0.25, 0.3) is 0 Å². The van der Waals surface area contributed by atoms with Gasteiger partial charge in [0.15, 0.2) is 11.0 Å². The number of rotatable bonds is 7. The van der Waals surface area contributed by atoms with E-state index in [4.69, 9.17) is 16.3 Å². The molecule has 1 heterocycles. The van der Waals surface area contributed by atoms with Gasteiger partial charge in [-0.2, -0.15) is 0 Å². The van der Waals surface area contributed by atoms with Crippen molar-refractivity contribution in [2.45, 2.75) is 37.3 Å². The summed E-state index contributed by atoms with van der Waals surface area (Å²) >= 11 is 7.57.